The van der Waals surface area contributed by atoms with Gasteiger partial charge in [0.2, 0.25) is 5.91 Å². The molecule has 0 atom stereocenters. The summed E-state index contributed by atoms with van der Waals surface area (Å²) in [5.41, 5.74) is 4.51. The zero-order valence-corrected chi connectivity index (χ0v) is 19.5. The molecular formula is C23H35N3OS. The molecule has 154 valence electrons. The molecule has 28 heavy (non-hydrogen) atoms. The van der Waals surface area contributed by atoms with E-state index in [-0.39, 0.29) is 17.7 Å². The summed E-state index contributed by atoms with van der Waals surface area (Å²) in [6.07, 6.45) is 5.69. The molecule has 1 aromatic heterocycles. The lowest BCUT2D eigenvalue weighted by molar-refractivity contribution is -0.131. The van der Waals surface area contributed by atoms with E-state index in [1.165, 1.54) is 0 Å². The number of carbonyl (C=O) groups is 1. The number of rotatable bonds is 8. The first kappa shape index (κ1) is 24.2. The van der Waals surface area contributed by atoms with Gasteiger partial charge in [0.1, 0.15) is 5.04 Å². The van der Waals surface area contributed by atoms with Crippen LogP contribution in [0.1, 0.15) is 73.1 Å². The van der Waals surface area contributed by atoms with Gasteiger partial charge in [0, 0.05) is 34.8 Å². The minimum absolute atomic E-state index is 0.0788. The molecule has 0 N–H and O–H groups in total. The minimum Gasteiger partial charge on any atom is -0.287 e. The summed E-state index contributed by atoms with van der Waals surface area (Å²) < 4.78 is 0. The van der Waals surface area contributed by atoms with Gasteiger partial charge in [-0.15, -0.1) is 12.6 Å². The Labute approximate surface area is 176 Å². The predicted octanol–water partition coefficient (Wildman–Crippen LogP) is 6.01. The van der Waals surface area contributed by atoms with Gasteiger partial charge in [0.15, 0.2) is 0 Å². The van der Waals surface area contributed by atoms with E-state index >= 15 is 0 Å². The first-order chi connectivity index (χ1) is 13.1. The van der Waals surface area contributed by atoms with Crippen molar-refractivity contribution in [2.24, 2.45) is 16.8 Å². The van der Waals surface area contributed by atoms with Crippen LogP contribution in [0.4, 0.5) is 0 Å². The van der Waals surface area contributed by atoms with Gasteiger partial charge in [-0.1, -0.05) is 47.6 Å². The standard InChI is InChI=1S/C23H35N3OS/c1-9-11-21(15(3)4)26(23(27)16(5)6)18(8)17(7)25-22(28)19-12-13-20(10-2)24-14-19/h11-16H,9-10H2,1-8H3,(H,25,28)/b18-17+,21-11+. The van der Waals surface area contributed by atoms with Crippen LogP contribution in [-0.2, 0) is 11.2 Å². The summed E-state index contributed by atoms with van der Waals surface area (Å²) in [5, 5.41) is 0.592. The summed E-state index contributed by atoms with van der Waals surface area (Å²) in [6, 6.07) is 3.97. The second kappa shape index (κ2) is 11.2. The third-order valence-electron chi connectivity index (χ3n) is 4.56. The third-order valence-corrected chi connectivity index (χ3v) is 4.91. The van der Waals surface area contributed by atoms with Gasteiger partial charge in [-0.2, -0.15) is 0 Å². The number of hydrogen-bond donors (Lipinski definition) is 1. The largest absolute Gasteiger partial charge is 0.287 e. The maximum atomic E-state index is 13.0. The molecule has 0 saturated heterocycles. The first-order valence-electron chi connectivity index (χ1n) is 10.1. The Morgan fingerprint density at radius 2 is 1.82 bits per heavy atom. The topological polar surface area (TPSA) is 45.6 Å². The number of hydrogen-bond acceptors (Lipinski definition) is 3. The molecule has 0 spiro atoms. The second-order valence-electron chi connectivity index (χ2n) is 7.52. The van der Waals surface area contributed by atoms with Crippen LogP contribution in [0, 0.1) is 11.8 Å². The van der Waals surface area contributed by atoms with Crippen LogP contribution >= 0.6 is 12.6 Å². The van der Waals surface area contributed by atoms with Crippen molar-refractivity contribution in [1.29, 1.82) is 0 Å². The van der Waals surface area contributed by atoms with E-state index in [1.807, 2.05) is 44.7 Å². The Hall–Kier alpha value is -1.88. The van der Waals surface area contributed by atoms with E-state index in [9.17, 15) is 4.79 Å². The van der Waals surface area contributed by atoms with Gasteiger partial charge in [0.25, 0.3) is 0 Å². The van der Waals surface area contributed by atoms with Gasteiger partial charge in [-0.25, -0.2) is 4.99 Å². The van der Waals surface area contributed by atoms with E-state index in [0.29, 0.717) is 5.04 Å². The molecule has 0 unspecified atom stereocenters. The Balaban J connectivity index is 3.39. The summed E-state index contributed by atoms with van der Waals surface area (Å²) in [4.78, 5) is 23.9. The lowest BCUT2D eigenvalue weighted by atomic mass is 10.0. The summed E-state index contributed by atoms with van der Waals surface area (Å²) in [7, 11) is 0. The van der Waals surface area contributed by atoms with Crippen LogP contribution in [0.5, 0.6) is 0 Å². The molecule has 1 heterocycles. The Morgan fingerprint density at radius 3 is 2.25 bits per heavy atom. The third kappa shape index (κ3) is 6.33. The lowest BCUT2D eigenvalue weighted by Crippen LogP contribution is -2.34. The number of aryl methyl sites for hydroxylation is 1. The average molecular weight is 402 g/mol. The quantitative estimate of drug-likeness (QED) is 0.329. The highest BCUT2D eigenvalue weighted by Gasteiger charge is 2.25. The monoisotopic (exact) mass is 401 g/mol. The fourth-order valence-corrected chi connectivity index (χ4v) is 3.05. The molecule has 0 aliphatic rings. The minimum atomic E-state index is -0.105. The number of pyridine rings is 1. The van der Waals surface area contributed by atoms with Crippen molar-refractivity contribution in [2.45, 2.75) is 68.2 Å². The van der Waals surface area contributed by atoms with Crippen LogP contribution in [0.25, 0.3) is 0 Å². The van der Waals surface area contributed by atoms with Crippen molar-refractivity contribution in [3.05, 3.63) is 52.8 Å². The SMILES string of the molecule is CC/C=C(\C(C)C)N(C(=O)C(C)C)/C(C)=C(C)/N=C(\S)c1ccc(CC)nc1. The Kier molecular flexibility index (Phi) is 9.66. The Bertz CT molecular complexity index is 759. The van der Waals surface area contributed by atoms with E-state index in [4.69, 9.17) is 0 Å². The number of carbonyl (C=O) groups excluding carboxylic acids is 1. The van der Waals surface area contributed by atoms with E-state index in [2.05, 4.69) is 56.4 Å². The maximum Gasteiger partial charge on any atom is 0.233 e. The number of aromatic nitrogens is 1. The van der Waals surface area contributed by atoms with Gasteiger partial charge in [0.05, 0.1) is 5.70 Å². The van der Waals surface area contributed by atoms with Crippen molar-refractivity contribution in [2.75, 3.05) is 0 Å². The second-order valence-corrected chi connectivity index (χ2v) is 7.94. The van der Waals surface area contributed by atoms with Crippen LogP contribution < -0.4 is 0 Å². The first-order valence-corrected chi connectivity index (χ1v) is 10.5. The fourth-order valence-electron chi connectivity index (χ4n) is 2.77. The fraction of sp³-hybridized carbons (Fsp3) is 0.522. The van der Waals surface area contributed by atoms with Gasteiger partial charge in [-0.05, 0) is 44.7 Å². The summed E-state index contributed by atoms with van der Waals surface area (Å²) >= 11 is 4.57. The average Bonchev–Trinajstić information content (AvgIpc) is 2.66. The normalized spacial score (nSPS) is 13.8. The molecule has 0 fully saturated rings. The Morgan fingerprint density at radius 1 is 1.18 bits per heavy atom. The maximum absolute atomic E-state index is 13.0. The molecule has 0 aliphatic heterocycles. The molecule has 1 aromatic rings. The molecule has 0 saturated carbocycles. The number of nitrogens with zero attached hydrogens (tertiary/aromatic N) is 3. The van der Waals surface area contributed by atoms with Crippen LogP contribution in [0.15, 0.2) is 46.5 Å². The van der Waals surface area contributed by atoms with Crippen molar-refractivity contribution >= 4 is 23.6 Å². The van der Waals surface area contributed by atoms with Crippen LogP contribution in [0.2, 0.25) is 0 Å². The molecule has 5 heteroatoms. The molecule has 0 aliphatic carbocycles. The van der Waals surface area contributed by atoms with Crippen LogP contribution in [0.3, 0.4) is 0 Å². The number of thiol groups is 1. The van der Waals surface area contributed by atoms with Gasteiger partial charge < -0.3 is 0 Å². The molecule has 0 radical (unpaired) electrons. The molecular weight excluding hydrogens is 366 g/mol. The highest BCUT2D eigenvalue weighted by molar-refractivity contribution is 7.97. The van der Waals surface area contributed by atoms with E-state index in [0.717, 1.165) is 41.2 Å². The molecule has 0 bridgehead atoms. The van der Waals surface area contributed by atoms with E-state index in [1.54, 1.807) is 6.20 Å². The van der Waals surface area contributed by atoms with Crippen molar-refractivity contribution < 1.29 is 4.79 Å². The smallest absolute Gasteiger partial charge is 0.233 e. The van der Waals surface area contributed by atoms with Crippen molar-refractivity contribution in [3.8, 4) is 0 Å². The van der Waals surface area contributed by atoms with Crippen molar-refractivity contribution in [1.82, 2.24) is 9.88 Å². The number of allylic oxidation sites excluding steroid dienone is 4. The summed E-state index contributed by atoms with van der Waals surface area (Å²) in [5.74, 6) is 0.206. The van der Waals surface area contributed by atoms with Crippen molar-refractivity contribution in [3.63, 3.8) is 0 Å². The number of amides is 1. The zero-order valence-electron chi connectivity index (χ0n) is 18.6. The highest BCUT2D eigenvalue weighted by Crippen LogP contribution is 2.26. The molecule has 4 nitrogen and oxygen atoms in total. The van der Waals surface area contributed by atoms with Crippen LogP contribution in [-0.4, -0.2) is 20.8 Å². The van der Waals surface area contributed by atoms with Gasteiger partial charge >= 0.3 is 0 Å². The van der Waals surface area contributed by atoms with E-state index < -0.39 is 0 Å². The molecule has 1 rings (SSSR count). The van der Waals surface area contributed by atoms with Gasteiger partial charge in [-0.3, -0.25) is 14.7 Å². The molecule has 0 aromatic carbocycles. The predicted molar refractivity (Wildman–Crippen MR) is 122 cm³/mol. The number of aliphatic imine (C=N–C) groups is 1. The zero-order chi connectivity index (χ0) is 21.4. The molecule has 1 amide bonds. The lowest BCUT2D eigenvalue weighted by Gasteiger charge is -2.31. The highest BCUT2D eigenvalue weighted by atomic mass is 32.1. The summed E-state index contributed by atoms with van der Waals surface area (Å²) in [6.45, 7) is 16.1.